The Morgan fingerprint density at radius 1 is 1.31 bits per heavy atom. The van der Waals surface area contributed by atoms with Crippen LogP contribution in [-0.2, 0) is 4.79 Å². The highest BCUT2D eigenvalue weighted by Gasteiger charge is 2.27. The minimum atomic E-state index is 0.282. The van der Waals surface area contributed by atoms with E-state index < -0.39 is 0 Å². The van der Waals surface area contributed by atoms with Crippen LogP contribution in [0.25, 0.3) is 0 Å². The van der Waals surface area contributed by atoms with E-state index in [1.165, 1.54) is 12.8 Å². The van der Waals surface area contributed by atoms with Crippen LogP contribution in [0.1, 0.15) is 12.8 Å². The largest absolute Gasteiger partial charge is 0.342 e. The maximum Gasteiger partial charge on any atom is 0.236 e. The number of nitrogens with zero attached hydrogens (tertiary/aromatic N) is 2. The standard InChI is InChI=1S/C9H17N3O/c10-8-5-11(6-8)7-9(13)12-3-1-2-4-12/h8H,1-7,10H2. The molecule has 13 heavy (non-hydrogen) atoms. The monoisotopic (exact) mass is 183 g/mol. The Morgan fingerprint density at radius 2 is 1.92 bits per heavy atom. The molecule has 2 saturated heterocycles. The lowest BCUT2D eigenvalue weighted by molar-refractivity contribution is -0.132. The van der Waals surface area contributed by atoms with Crippen molar-refractivity contribution >= 4 is 5.91 Å². The highest BCUT2D eigenvalue weighted by Crippen LogP contribution is 2.10. The summed E-state index contributed by atoms with van der Waals surface area (Å²) in [6.07, 6.45) is 2.34. The second-order valence-corrected chi connectivity index (χ2v) is 4.04. The van der Waals surface area contributed by atoms with Gasteiger partial charge in [-0.25, -0.2) is 0 Å². The predicted octanol–water partition coefficient (Wildman–Crippen LogP) is -0.748. The zero-order valence-electron chi connectivity index (χ0n) is 7.91. The Balaban J connectivity index is 1.72. The molecule has 0 atom stereocenters. The quantitative estimate of drug-likeness (QED) is 0.613. The Hall–Kier alpha value is -0.610. The van der Waals surface area contributed by atoms with Gasteiger partial charge >= 0.3 is 0 Å². The van der Waals surface area contributed by atoms with Crippen molar-refractivity contribution in [2.24, 2.45) is 5.73 Å². The molecule has 2 aliphatic heterocycles. The second kappa shape index (κ2) is 3.64. The van der Waals surface area contributed by atoms with Gasteiger partial charge in [0.05, 0.1) is 6.54 Å². The molecule has 1 amide bonds. The first-order chi connectivity index (χ1) is 6.25. The molecule has 0 bridgehead atoms. The Kier molecular flexibility index (Phi) is 2.51. The van der Waals surface area contributed by atoms with Gasteiger partial charge in [0.15, 0.2) is 0 Å². The summed E-state index contributed by atoms with van der Waals surface area (Å²) in [4.78, 5) is 15.7. The third-order valence-electron chi connectivity index (χ3n) is 2.80. The molecule has 0 aromatic rings. The fourth-order valence-corrected chi connectivity index (χ4v) is 2.00. The van der Waals surface area contributed by atoms with Crippen LogP contribution in [0.4, 0.5) is 0 Å². The van der Waals surface area contributed by atoms with Crippen LogP contribution in [0.3, 0.4) is 0 Å². The number of carbonyl (C=O) groups excluding carboxylic acids is 1. The van der Waals surface area contributed by atoms with Gasteiger partial charge in [0.25, 0.3) is 0 Å². The molecule has 74 valence electrons. The highest BCUT2D eigenvalue weighted by atomic mass is 16.2. The average Bonchev–Trinajstić information content (AvgIpc) is 2.53. The predicted molar refractivity (Wildman–Crippen MR) is 50.2 cm³/mol. The molecular weight excluding hydrogens is 166 g/mol. The summed E-state index contributed by atoms with van der Waals surface area (Å²) >= 11 is 0. The number of amides is 1. The topological polar surface area (TPSA) is 49.6 Å². The minimum absolute atomic E-state index is 0.282. The van der Waals surface area contributed by atoms with Gasteiger partial charge in [0.1, 0.15) is 0 Å². The van der Waals surface area contributed by atoms with Crippen LogP contribution in [0.2, 0.25) is 0 Å². The van der Waals surface area contributed by atoms with Crippen LogP contribution >= 0.6 is 0 Å². The molecule has 4 nitrogen and oxygen atoms in total. The summed E-state index contributed by atoms with van der Waals surface area (Å²) in [5.41, 5.74) is 5.63. The summed E-state index contributed by atoms with van der Waals surface area (Å²) in [5, 5.41) is 0. The van der Waals surface area contributed by atoms with Crippen molar-refractivity contribution in [2.45, 2.75) is 18.9 Å². The summed E-state index contributed by atoms with van der Waals surface area (Å²) in [6.45, 7) is 4.27. The number of nitrogens with two attached hydrogens (primary N) is 1. The van der Waals surface area contributed by atoms with E-state index in [0.29, 0.717) is 12.6 Å². The molecular formula is C9H17N3O. The van der Waals surface area contributed by atoms with Crippen LogP contribution in [0.15, 0.2) is 0 Å². The van der Waals surface area contributed by atoms with E-state index in [1.807, 2.05) is 4.90 Å². The zero-order chi connectivity index (χ0) is 9.26. The molecule has 2 rings (SSSR count). The van der Waals surface area contributed by atoms with Crippen molar-refractivity contribution in [1.82, 2.24) is 9.80 Å². The minimum Gasteiger partial charge on any atom is -0.342 e. The first-order valence-electron chi connectivity index (χ1n) is 5.01. The summed E-state index contributed by atoms with van der Waals surface area (Å²) in [6, 6.07) is 0.298. The lowest BCUT2D eigenvalue weighted by Gasteiger charge is -2.36. The highest BCUT2D eigenvalue weighted by molar-refractivity contribution is 5.78. The molecule has 2 heterocycles. The number of carbonyl (C=O) groups is 1. The van der Waals surface area contributed by atoms with Gasteiger partial charge < -0.3 is 10.6 Å². The van der Waals surface area contributed by atoms with Gasteiger partial charge in [-0.3, -0.25) is 9.69 Å². The average molecular weight is 183 g/mol. The zero-order valence-corrected chi connectivity index (χ0v) is 7.91. The summed E-state index contributed by atoms with van der Waals surface area (Å²) < 4.78 is 0. The maximum atomic E-state index is 11.6. The van der Waals surface area contributed by atoms with E-state index in [4.69, 9.17) is 5.73 Å². The number of rotatable bonds is 2. The lowest BCUT2D eigenvalue weighted by Crippen LogP contribution is -2.58. The van der Waals surface area contributed by atoms with E-state index in [2.05, 4.69) is 4.90 Å². The molecule has 0 spiro atoms. The molecule has 0 aliphatic carbocycles. The second-order valence-electron chi connectivity index (χ2n) is 4.04. The molecule has 4 heteroatoms. The number of hydrogen-bond acceptors (Lipinski definition) is 3. The molecule has 0 aromatic heterocycles. The van der Waals surface area contributed by atoms with Crippen LogP contribution < -0.4 is 5.73 Å². The van der Waals surface area contributed by atoms with Crippen molar-refractivity contribution in [3.05, 3.63) is 0 Å². The van der Waals surface area contributed by atoms with Gasteiger partial charge in [0, 0.05) is 32.2 Å². The van der Waals surface area contributed by atoms with E-state index in [-0.39, 0.29) is 5.91 Å². The van der Waals surface area contributed by atoms with Crippen LogP contribution in [0.5, 0.6) is 0 Å². The Morgan fingerprint density at radius 3 is 2.46 bits per heavy atom. The van der Waals surface area contributed by atoms with E-state index in [9.17, 15) is 4.79 Å². The fourth-order valence-electron chi connectivity index (χ4n) is 2.00. The number of likely N-dealkylation sites (tertiary alicyclic amines) is 2. The Labute approximate surface area is 78.7 Å². The molecule has 0 saturated carbocycles. The van der Waals surface area contributed by atoms with Gasteiger partial charge in [-0.05, 0) is 12.8 Å². The molecule has 2 N–H and O–H groups in total. The maximum absolute atomic E-state index is 11.6. The number of hydrogen-bond donors (Lipinski definition) is 1. The van der Waals surface area contributed by atoms with Gasteiger partial charge in [-0.2, -0.15) is 0 Å². The molecule has 2 fully saturated rings. The first kappa shape index (κ1) is 8.97. The normalized spacial score (nSPS) is 24.8. The van der Waals surface area contributed by atoms with Gasteiger partial charge in [-0.1, -0.05) is 0 Å². The molecule has 0 unspecified atom stereocenters. The van der Waals surface area contributed by atoms with E-state index in [1.54, 1.807) is 0 Å². The third-order valence-corrected chi connectivity index (χ3v) is 2.80. The fraction of sp³-hybridized carbons (Fsp3) is 0.889. The van der Waals surface area contributed by atoms with Crippen LogP contribution in [-0.4, -0.2) is 54.5 Å². The molecule has 0 aromatic carbocycles. The summed E-state index contributed by atoms with van der Waals surface area (Å²) in [5.74, 6) is 0.282. The third kappa shape index (κ3) is 2.00. The van der Waals surface area contributed by atoms with Crippen molar-refractivity contribution in [3.8, 4) is 0 Å². The molecule has 2 aliphatic rings. The van der Waals surface area contributed by atoms with Crippen molar-refractivity contribution in [1.29, 1.82) is 0 Å². The molecule has 0 radical (unpaired) electrons. The SMILES string of the molecule is NC1CN(CC(=O)N2CCCC2)C1. The van der Waals surface area contributed by atoms with E-state index >= 15 is 0 Å². The van der Waals surface area contributed by atoms with Crippen LogP contribution in [0, 0.1) is 0 Å². The van der Waals surface area contributed by atoms with Crippen molar-refractivity contribution in [3.63, 3.8) is 0 Å². The van der Waals surface area contributed by atoms with Crippen molar-refractivity contribution in [2.75, 3.05) is 32.7 Å². The first-order valence-corrected chi connectivity index (χ1v) is 5.01. The lowest BCUT2D eigenvalue weighted by atomic mass is 10.1. The van der Waals surface area contributed by atoms with Gasteiger partial charge in [-0.15, -0.1) is 0 Å². The van der Waals surface area contributed by atoms with E-state index in [0.717, 1.165) is 26.2 Å². The van der Waals surface area contributed by atoms with Crippen molar-refractivity contribution < 1.29 is 4.79 Å². The Bertz CT molecular complexity index is 195. The van der Waals surface area contributed by atoms with Gasteiger partial charge in [0.2, 0.25) is 5.91 Å². The summed E-state index contributed by atoms with van der Waals surface area (Å²) in [7, 11) is 0. The smallest absolute Gasteiger partial charge is 0.236 e.